The summed E-state index contributed by atoms with van der Waals surface area (Å²) in [7, 11) is 4.74. The number of hydrogen-bond acceptors (Lipinski definition) is 7. The summed E-state index contributed by atoms with van der Waals surface area (Å²) in [4.78, 5) is 28.4. The fourth-order valence-corrected chi connectivity index (χ4v) is 4.35. The first kappa shape index (κ1) is 24.5. The van der Waals surface area contributed by atoms with E-state index >= 15 is 0 Å². The molecule has 3 amide bonds. The zero-order valence-corrected chi connectivity index (χ0v) is 20.2. The first-order valence-electron chi connectivity index (χ1n) is 10.7. The molecule has 0 aliphatic carbocycles. The first-order valence-corrected chi connectivity index (χ1v) is 11.6. The summed E-state index contributed by atoms with van der Waals surface area (Å²) in [6, 6.07) is 8.72. The summed E-state index contributed by atoms with van der Waals surface area (Å²) in [6.45, 7) is 2.78. The Balaban J connectivity index is 1.94. The average Bonchev–Trinajstić information content (AvgIpc) is 3.51. The van der Waals surface area contributed by atoms with E-state index in [1.807, 2.05) is 42.6 Å². The van der Waals surface area contributed by atoms with E-state index in [9.17, 15) is 9.59 Å². The molecule has 0 unspecified atom stereocenters. The molecule has 1 atom stereocenters. The lowest BCUT2D eigenvalue weighted by molar-refractivity contribution is -0.133. The highest BCUT2D eigenvalue weighted by Gasteiger charge is 2.36. The Labute approximate surface area is 197 Å². The fourth-order valence-electron chi connectivity index (χ4n) is 3.63. The number of nitrogens with one attached hydrogen (secondary N) is 1. The molecule has 1 N–H and O–H groups in total. The van der Waals surface area contributed by atoms with E-state index in [1.165, 1.54) is 9.91 Å². The number of urea groups is 1. The maximum atomic E-state index is 13.5. The highest BCUT2D eigenvalue weighted by Crippen LogP contribution is 2.39. The summed E-state index contributed by atoms with van der Waals surface area (Å²) in [5.74, 6) is 1.01. The highest BCUT2D eigenvalue weighted by atomic mass is 32.1. The van der Waals surface area contributed by atoms with Crippen molar-refractivity contribution < 1.29 is 23.8 Å². The Bertz CT molecular complexity index is 979. The monoisotopic (exact) mass is 474 g/mol. The number of rotatable bonds is 10. The molecule has 2 aromatic rings. The molecule has 0 radical (unpaired) electrons. The molecular weight excluding hydrogens is 444 g/mol. The average molecular weight is 475 g/mol. The summed E-state index contributed by atoms with van der Waals surface area (Å²) >= 11 is 1.57. The minimum Gasteiger partial charge on any atom is -0.497 e. The highest BCUT2D eigenvalue weighted by molar-refractivity contribution is 7.12. The number of hydrogen-bond donors (Lipinski definition) is 1. The van der Waals surface area contributed by atoms with E-state index in [2.05, 4.69) is 10.4 Å². The van der Waals surface area contributed by atoms with Crippen molar-refractivity contribution in [2.75, 3.05) is 47.6 Å². The molecule has 2 heterocycles. The molecule has 9 nitrogen and oxygen atoms in total. The van der Waals surface area contributed by atoms with E-state index in [1.54, 1.807) is 32.7 Å². The van der Waals surface area contributed by atoms with Crippen molar-refractivity contribution >= 4 is 29.0 Å². The molecule has 0 saturated carbocycles. The van der Waals surface area contributed by atoms with Gasteiger partial charge in [-0.05, 0) is 36.6 Å². The summed E-state index contributed by atoms with van der Waals surface area (Å²) in [5, 5.41) is 10.9. The maximum Gasteiger partial charge on any atom is 0.317 e. The van der Waals surface area contributed by atoms with Crippen molar-refractivity contribution in [3.63, 3.8) is 0 Å². The number of methoxy groups -OCH3 is 3. The van der Waals surface area contributed by atoms with Gasteiger partial charge in [0.05, 0.1) is 37.5 Å². The van der Waals surface area contributed by atoms with E-state index < -0.39 is 6.04 Å². The van der Waals surface area contributed by atoms with Crippen molar-refractivity contribution in [1.82, 2.24) is 15.2 Å². The Morgan fingerprint density at radius 1 is 1.24 bits per heavy atom. The molecule has 33 heavy (non-hydrogen) atoms. The van der Waals surface area contributed by atoms with Crippen molar-refractivity contribution in [2.45, 2.75) is 19.4 Å². The largest absolute Gasteiger partial charge is 0.497 e. The van der Waals surface area contributed by atoms with Gasteiger partial charge in [0.15, 0.2) is 0 Å². The molecule has 10 heteroatoms. The van der Waals surface area contributed by atoms with Crippen LogP contribution >= 0.6 is 11.3 Å². The lowest BCUT2D eigenvalue weighted by atomic mass is 9.99. The lowest BCUT2D eigenvalue weighted by Gasteiger charge is -2.27. The number of carbonyl (C=O) groups is 2. The molecule has 3 rings (SSSR count). The first-order chi connectivity index (χ1) is 16.0. The molecule has 0 fully saturated rings. The van der Waals surface area contributed by atoms with Gasteiger partial charge in [0, 0.05) is 32.2 Å². The Hall–Kier alpha value is -3.11. The predicted octanol–water partition coefficient (Wildman–Crippen LogP) is 3.12. The third-order valence-electron chi connectivity index (χ3n) is 5.27. The van der Waals surface area contributed by atoms with E-state index in [0.717, 1.165) is 16.2 Å². The molecule has 0 bridgehead atoms. The quantitative estimate of drug-likeness (QED) is 0.571. The fraction of sp³-hybridized carbons (Fsp3) is 0.435. The number of hydrazone groups is 1. The third kappa shape index (κ3) is 5.82. The second-order valence-corrected chi connectivity index (χ2v) is 8.29. The minimum absolute atomic E-state index is 0.126. The number of ether oxygens (including phenoxy) is 3. The van der Waals surface area contributed by atoms with Gasteiger partial charge in [0.25, 0.3) is 5.91 Å². The molecule has 178 valence electrons. The van der Waals surface area contributed by atoms with Crippen LogP contribution in [0.1, 0.15) is 29.8 Å². The Kier molecular flexibility index (Phi) is 8.67. The van der Waals surface area contributed by atoms with Gasteiger partial charge in [-0.1, -0.05) is 6.07 Å². The number of carbonyl (C=O) groups excluding carboxylic acids is 2. The number of thiophene rings is 1. The van der Waals surface area contributed by atoms with Gasteiger partial charge < -0.3 is 24.4 Å². The van der Waals surface area contributed by atoms with Gasteiger partial charge in [-0.2, -0.15) is 5.10 Å². The maximum absolute atomic E-state index is 13.5. The van der Waals surface area contributed by atoms with Gasteiger partial charge in [-0.25, -0.2) is 9.80 Å². The number of amides is 3. The number of benzene rings is 1. The van der Waals surface area contributed by atoms with Gasteiger partial charge in [-0.3, -0.25) is 4.79 Å². The van der Waals surface area contributed by atoms with Gasteiger partial charge in [0.1, 0.15) is 18.0 Å². The molecule has 1 aromatic carbocycles. The normalized spacial score (nSPS) is 15.2. The lowest BCUT2D eigenvalue weighted by Crippen LogP contribution is -2.47. The van der Waals surface area contributed by atoms with Crippen LogP contribution in [0.4, 0.5) is 4.79 Å². The summed E-state index contributed by atoms with van der Waals surface area (Å²) in [5.41, 5.74) is 1.61. The van der Waals surface area contributed by atoms with Crippen molar-refractivity contribution in [3.8, 4) is 11.5 Å². The summed E-state index contributed by atoms with van der Waals surface area (Å²) < 4.78 is 16.1. The molecule has 1 aliphatic rings. The van der Waals surface area contributed by atoms with Crippen LogP contribution in [0.25, 0.3) is 0 Å². The molecule has 1 aromatic heterocycles. The summed E-state index contributed by atoms with van der Waals surface area (Å²) in [6.07, 6.45) is 0.523. The van der Waals surface area contributed by atoms with E-state index in [0.29, 0.717) is 31.1 Å². The molecule has 1 aliphatic heterocycles. The molecule has 0 saturated heterocycles. The van der Waals surface area contributed by atoms with Gasteiger partial charge >= 0.3 is 6.03 Å². The van der Waals surface area contributed by atoms with Crippen molar-refractivity contribution in [1.29, 1.82) is 0 Å². The predicted molar refractivity (Wildman–Crippen MR) is 127 cm³/mol. The molecular formula is C23H30N4O5S. The van der Waals surface area contributed by atoms with Crippen LogP contribution in [-0.4, -0.2) is 75.1 Å². The zero-order chi connectivity index (χ0) is 23.8. The van der Waals surface area contributed by atoms with E-state index in [4.69, 9.17) is 14.2 Å². The topological polar surface area (TPSA) is 92.7 Å². The number of nitrogens with zero attached hydrogens (tertiary/aromatic N) is 3. The van der Waals surface area contributed by atoms with Crippen LogP contribution in [0.5, 0.6) is 11.5 Å². The standard InChI is InChI=1S/C23H30N4O5S/c1-5-24-23(29)26(10-11-30-2)15-22(28)27-19(14-18(25-27)21-7-6-12-33-21)17-13-16(31-3)8-9-20(17)32-4/h6-9,12-13,19H,5,10-11,14-15H2,1-4H3,(H,24,29)/t19-/m1/s1. The van der Waals surface area contributed by atoms with Crippen molar-refractivity contribution in [2.24, 2.45) is 5.10 Å². The van der Waals surface area contributed by atoms with E-state index in [-0.39, 0.29) is 25.0 Å². The van der Waals surface area contributed by atoms with Gasteiger partial charge in [0.2, 0.25) is 0 Å². The van der Waals surface area contributed by atoms with Crippen LogP contribution in [0.15, 0.2) is 40.8 Å². The smallest absolute Gasteiger partial charge is 0.317 e. The Morgan fingerprint density at radius 3 is 2.70 bits per heavy atom. The van der Waals surface area contributed by atoms with Crippen LogP contribution in [0, 0.1) is 0 Å². The third-order valence-corrected chi connectivity index (χ3v) is 6.19. The van der Waals surface area contributed by atoms with Crippen molar-refractivity contribution in [3.05, 3.63) is 46.2 Å². The Morgan fingerprint density at radius 2 is 2.06 bits per heavy atom. The zero-order valence-electron chi connectivity index (χ0n) is 19.4. The van der Waals surface area contributed by atoms with Crippen LogP contribution < -0.4 is 14.8 Å². The van der Waals surface area contributed by atoms with Gasteiger partial charge in [-0.15, -0.1) is 11.3 Å². The van der Waals surface area contributed by atoms with Crippen LogP contribution in [-0.2, 0) is 9.53 Å². The second-order valence-electron chi connectivity index (χ2n) is 7.34. The minimum atomic E-state index is -0.391. The second kappa shape index (κ2) is 11.7. The SMILES string of the molecule is CCNC(=O)N(CCOC)CC(=O)N1N=C(c2cccs2)C[C@@H]1c1cc(OC)ccc1OC. The van der Waals surface area contributed by atoms with Crippen LogP contribution in [0.2, 0.25) is 0 Å². The molecule has 0 spiro atoms. The van der Waals surface area contributed by atoms with Crippen LogP contribution in [0.3, 0.4) is 0 Å².